The van der Waals surface area contributed by atoms with Gasteiger partial charge < -0.3 is 25.4 Å². The van der Waals surface area contributed by atoms with E-state index in [1.807, 2.05) is 49.4 Å². The highest BCUT2D eigenvalue weighted by molar-refractivity contribution is 8.00. The Morgan fingerprint density at radius 2 is 1.64 bits per heavy atom. The average molecular weight is 775 g/mol. The van der Waals surface area contributed by atoms with Crippen LogP contribution < -0.4 is 20.7 Å². The maximum Gasteiger partial charge on any atom is 0.341 e. The van der Waals surface area contributed by atoms with Crippen molar-refractivity contribution >= 4 is 63.6 Å². The van der Waals surface area contributed by atoms with Gasteiger partial charge in [0, 0.05) is 46.2 Å². The molecule has 3 amide bonds. The summed E-state index contributed by atoms with van der Waals surface area (Å²) >= 11 is 2.73. The van der Waals surface area contributed by atoms with Crippen LogP contribution in [0, 0.1) is 0 Å². The van der Waals surface area contributed by atoms with Gasteiger partial charge in [0.25, 0.3) is 11.8 Å². The summed E-state index contributed by atoms with van der Waals surface area (Å²) in [6.45, 7) is 6.33. The Hall–Kier alpha value is -5.69. The Morgan fingerprint density at radius 1 is 0.909 bits per heavy atom. The molecule has 282 valence electrons. The number of nitrogens with one attached hydrogen (secondary N) is 3. The molecule has 1 unspecified atom stereocenters. The molecule has 10 nitrogen and oxygen atoms in total. The molecule has 1 aliphatic rings. The number of thiophene rings is 1. The van der Waals surface area contributed by atoms with Crippen molar-refractivity contribution in [2.75, 3.05) is 30.9 Å². The van der Waals surface area contributed by atoms with E-state index in [4.69, 9.17) is 9.47 Å². The summed E-state index contributed by atoms with van der Waals surface area (Å²) in [7, 11) is 1.35. The second-order valence-electron chi connectivity index (χ2n) is 12.7. The summed E-state index contributed by atoms with van der Waals surface area (Å²) in [5.41, 5.74) is 4.08. The molecule has 0 bridgehead atoms. The highest BCUT2D eigenvalue weighted by Gasteiger charge is 2.30. The highest BCUT2D eigenvalue weighted by Crippen LogP contribution is 2.39. The molecule has 0 spiro atoms. The minimum absolute atomic E-state index is 0.0232. The van der Waals surface area contributed by atoms with E-state index in [9.17, 15) is 19.2 Å². The number of nitrogens with zero attached hydrogens (tertiary/aromatic N) is 1. The predicted molar refractivity (Wildman–Crippen MR) is 218 cm³/mol. The normalized spacial score (nSPS) is 13.3. The molecule has 55 heavy (non-hydrogen) atoms. The van der Waals surface area contributed by atoms with Gasteiger partial charge in [-0.1, -0.05) is 72.8 Å². The Kier molecular flexibility index (Phi) is 13.2. The van der Waals surface area contributed by atoms with Crippen LogP contribution >= 0.6 is 23.1 Å². The van der Waals surface area contributed by atoms with Crippen LogP contribution in [-0.2, 0) is 33.8 Å². The molecule has 0 saturated carbocycles. The van der Waals surface area contributed by atoms with Crippen LogP contribution in [0.15, 0.2) is 120 Å². The third kappa shape index (κ3) is 10.1. The number of para-hydroxylation sites is 1. The average Bonchev–Trinajstić information content (AvgIpc) is 3.55. The summed E-state index contributed by atoms with van der Waals surface area (Å²) < 4.78 is 10.9. The lowest BCUT2D eigenvalue weighted by atomic mass is 10.0. The first-order chi connectivity index (χ1) is 26.7. The molecule has 0 aliphatic carbocycles. The molecule has 3 N–H and O–H groups in total. The van der Waals surface area contributed by atoms with Gasteiger partial charge in [-0.25, -0.2) is 4.79 Å². The second kappa shape index (κ2) is 18.6. The number of amides is 3. The molecule has 4 aromatic carbocycles. The number of anilines is 2. The van der Waals surface area contributed by atoms with Crippen molar-refractivity contribution in [3.8, 4) is 5.75 Å². The summed E-state index contributed by atoms with van der Waals surface area (Å²) in [4.78, 5) is 57.6. The fourth-order valence-corrected chi connectivity index (χ4v) is 8.35. The Bertz CT molecular complexity index is 2190. The van der Waals surface area contributed by atoms with Crippen LogP contribution in [0.5, 0.6) is 5.75 Å². The van der Waals surface area contributed by atoms with Gasteiger partial charge in [0.05, 0.1) is 24.5 Å². The van der Waals surface area contributed by atoms with Crippen molar-refractivity contribution in [2.45, 2.75) is 43.5 Å². The molecule has 6 rings (SSSR count). The van der Waals surface area contributed by atoms with Crippen molar-refractivity contribution < 1.29 is 28.7 Å². The van der Waals surface area contributed by atoms with Gasteiger partial charge in [-0.05, 0) is 73.9 Å². The molecular weight excluding hydrogens is 733 g/mol. The molecule has 12 heteroatoms. The smallest absolute Gasteiger partial charge is 0.341 e. The second-order valence-corrected chi connectivity index (χ2v) is 15.2. The van der Waals surface area contributed by atoms with E-state index < -0.39 is 23.0 Å². The molecule has 1 aliphatic heterocycles. The van der Waals surface area contributed by atoms with Gasteiger partial charge in [0.1, 0.15) is 16.4 Å². The number of hydrogen-bond donors (Lipinski definition) is 3. The van der Waals surface area contributed by atoms with Gasteiger partial charge in [-0.2, -0.15) is 0 Å². The SMILES string of the molecule is CCOc1ccccc1/C=C(/NC(=O)c1ccccc1)C(=O)Nc1cccc(SC(C)C(=O)Nc2sc3c(c2C(=O)OC)CCN(Cc2ccccc2)C3)c1. The van der Waals surface area contributed by atoms with E-state index in [1.54, 1.807) is 67.6 Å². The number of fused-ring (bicyclic) bond motifs is 1. The fraction of sp³-hybridized carbons (Fsp3) is 0.209. The van der Waals surface area contributed by atoms with Crippen LogP contribution in [0.3, 0.4) is 0 Å². The number of carbonyl (C=O) groups excluding carboxylic acids is 4. The van der Waals surface area contributed by atoms with E-state index in [0.717, 1.165) is 28.4 Å². The van der Waals surface area contributed by atoms with Crippen LogP contribution in [0.1, 0.15) is 56.1 Å². The Labute approximate surface area is 328 Å². The lowest BCUT2D eigenvalue weighted by Gasteiger charge is -2.27. The maximum atomic E-state index is 13.8. The van der Waals surface area contributed by atoms with Crippen LogP contribution in [-0.4, -0.2) is 54.1 Å². The van der Waals surface area contributed by atoms with E-state index >= 15 is 0 Å². The highest BCUT2D eigenvalue weighted by atomic mass is 32.2. The first-order valence-corrected chi connectivity index (χ1v) is 19.6. The zero-order chi connectivity index (χ0) is 38.7. The summed E-state index contributed by atoms with van der Waals surface area (Å²) in [6, 6.07) is 33.3. The molecule has 0 saturated heterocycles. The molecule has 5 aromatic rings. The first kappa shape index (κ1) is 39.0. The van der Waals surface area contributed by atoms with Crippen molar-refractivity contribution in [2.24, 2.45) is 0 Å². The largest absolute Gasteiger partial charge is 0.493 e. The van der Waals surface area contributed by atoms with Gasteiger partial charge in [0.15, 0.2) is 0 Å². The van der Waals surface area contributed by atoms with Gasteiger partial charge in [-0.15, -0.1) is 23.1 Å². The van der Waals surface area contributed by atoms with Crippen molar-refractivity contribution in [3.05, 3.63) is 148 Å². The lowest BCUT2D eigenvalue weighted by Crippen LogP contribution is -2.30. The Morgan fingerprint density at radius 3 is 2.38 bits per heavy atom. The quantitative estimate of drug-likeness (QED) is 0.0589. The standard InChI is InChI=1S/C43H42N4O6S2/c1-4-53-36-21-12-11-18-31(36)24-35(45-40(49)30-16-9-6-10-17-30)41(50)44-32-19-13-20-33(25-32)54-28(2)39(48)46-42-38(43(51)52-3)34-22-23-47(27-37(34)55-42)26-29-14-7-5-8-15-29/h5-21,24-25,28H,4,22-23,26-27H2,1-3H3,(H,44,50)(H,45,49)(H,46,48)/b35-24+. The molecule has 0 fully saturated rings. The van der Waals surface area contributed by atoms with Crippen molar-refractivity contribution in [1.82, 2.24) is 10.2 Å². The zero-order valence-electron chi connectivity index (χ0n) is 30.8. The van der Waals surface area contributed by atoms with Crippen molar-refractivity contribution in [1.29, 1.82) is 0 Å². The number of ether oxygens (including phenoxy) is 2. The number of benzene rings is 4. The topological polar surface area (TPSA) is 126 Å². The molecular formula is C43H42N4O6S2. The number of esters is 1. The number of hydrogen-bond acceptors (Lipinski definition) is 9. The summed E-state index contributed by atoms with van der Waals surface area (Å²) in [6.07, 6.45) is 2.26. The predicted octanol–water partition coefficient (Wildman–Crippen LogP) is 8.02. The third-order valence-corrected chi connectivity index (χ3v) is 11.1. The first-order valence-electron chi connectivity index (χ1n) is 17.9. The van der Waals surface area contributed by atoms with Gasteiger partial charge in [0.2, 0.25) is 5.91 Å². The third-order valence-electron chi connectivity index (χ3n) is 8.83. The summed E-state index contributed by atoms with van der Waals surface area (Å²) in [5, 5.41) is 8.60. The summed E-state index contributed by atoms with van der Waals surface area (Å²) in [5.74, 6) is -1.15. The van der Waals surface area contributed by atoms with Gasteiger partial charge >= 0.3 is 5.97 Å². The molecule has 1 aromatic heterocycles. The number of methoxy groups -OCH3 is 1. The van der Waals surface area contributed by atoms with Gasteiger partial charge in [-0.3, -0.25) is 19.3 Å². The van der Waals surface area contributed by atoms with E-state index in [1.165, 1.54) is 35.8 Å². The minimum atomic E-state index is -0.555. The Balaban J connectivity index is 1.15. The molecule has 2 heterocycles. The van der Waals surface area contributed by atoms with E-state index in [0.29, 0.717) is 52.7 Å². The minimum Gasteiger partial charge on any atom is -0.493 e. The molecule has 1 atom stereocenters. The van der Waals surface area contributed by atoms with Crippen LogP contribution in [0.25, 0.3) is 6.08 Å². The monoisotopic (exact) mass is 774 g/mol. The number of rotatable bonds is 14. The number of thioether (sulfide) groups is 1. The van der Waals surface area contributed by atoms with Crippen LogP contribution in [0.2, 0.25) is 0 Å². The van der Waals surface area contributed by atoms with E-state index in [2.05, 4.69) is 33.0 Å². The lowest BCUT2D eigenvalue weighted by molar-refractivity contribution is -0.115. The fourth-order valence-electron chi connectivity index (χ4n) is 6.14. The van der Waals surface area contributed by atoms with Crippen molar-refractivity contribution in [3.63, 3.8) is 0 Å². The zero-order valence-corrected chi connectivity index (χ0v) is 32.4. The van der Waals surface area contributed by atoms with Crippen LogP contribution in [0.4, 0.5) is 10.7 Å². The van der Waals surface area contributed by atoms with E-state index in [-0.39, 0.29) is 11.6 Å². The molecule has 0 radical (unpaired) electrons. The number of carbonyl (C=O) groups is 4. The maximum absolute atomic E-state index is 13.8.